The number of rotatable bonds is 7. The van der Waals surface area contributed by atoms with E-state index in [1.807, 2.05) is 0 Å². The molecule has 0 aliphatic heterocycles. The molecule has 0 spiro atoms. The van der Waals surface area contributed by atoms with Crippen molar-refractivity contribution < 1.29 is 27.9 Å². The number of ketones is 1. The van der Waals surface area contributed by atoms with Gasteiger partial charge in [-0.1, -0.05) is 0 Å². The molecule has 6 nitrogen and oxygen atoms in total. The second kappa shape index (κ2) is 8.90. The Morgan fingerprint density at radius 1 is 1.13 bits per heavy atom. The van der Waals surface area contributed by atoms with Crippen LogP contribution in [0, 0.1) is 12.7 Å². The van der Waals surface area contributed by atoms with Crippen molar-refractivity contribution in [1.82, 2.24) is 0 Å². The van der Waals surface area contributed by atoms with Crippen molar-refractivity contribution in [1.29, 1.82) is 0 Å². The molecule has 0 saturated carbocycles. The Balaban J connectivity index is 1.68. The zero-order valence-corrected chi connectivity index (χ0v) is 16.9. The summed E-state index contributed by atoms with van der Waals surface area (Å²) in [6, 6.07) is 10.2. The van der Waals surface area contributed by atoms with Crippen LogP contribution in [0.4, 0.5) is 4.39 Å². The average Bonchev–Trinajstić information content (AvgIpc) is 2.73. The van der Waals surface area contributed by atoms with Crippen molar-refractivity contribution in [2.75, 3.05) is 7.11 Å². The third-order valence-corrected chi connectivity index (χ3v) is 4.88. The number of carbonyl (C=O) groups is 2. The zero-order chi connectivity index (χ0) is 21.8. The molecule has 0 amide bonds. The van der Waals surface area contributed by atoms with Gasteiger partial charge in [-0.15, -0.1) is 0 Å². The van der Waals surface area contributed by atoms with E-state index in [1.54, 1.807) is 25.1 Å². The monoisotopic (exact) mass is 412 g/mol. The number of hydrogen-bond donors (Lipinski definition) is 0. The molecule has 0 saturated heterocycles. The fraction of sp³-hybridized carbons (Fsp3) is 0.261. The first-order valence-corrected chi connectivity index (χ1v) is 9.39. The number of methoxy groups -OCH3 is 1. The summed E-state index contributed by atoms with van der Waals surface area (Å²) in [7, 11) is 1.52. The molecule has 1 atom stereocenters. The summed E-state index contributed by atoms with van der Waals surface area (Å²) in [5.41, 5.74) is 1.21. The number of hydrogen-bond acceptors (Lipinski definition) is 6. The van der Waals surface area contributed by atoms with Gasteiger partial charge in [0.25, 0.3) is 0 Å². The van der Waals surface area contributed by atoms with E-state index in [1.165, 1.54) is 38.3 Å². The Hall–Kier alpha value is -3.48. The molecule has 30 heavy (non-hydrogen) atoms. The number of halogens is 1. The van der Waals surface area contributed by atoms with Gasteiger partial charge in [0.15, 0.2) is 6.10 Å². The van der Waals surface area contributed by atoms with Crippen molar-refractivity contribution in [3.05, 3.63) is 75.4 Å². The molecule has 2 aromatic carbocycles. The van der Waals surface area contributed by atoms with Crippen LogP contribution in [0.1, 0.15) is 34.8 Å². The van der Waals surface area contributed by atoms with Gasteiger partial charge in [0, 0.05) is 29.0 Å². The van der Waals surface area contributed by atoms with Crippen LogP contribution in [0.3, 0.4) is 0 Å². The van der Waals surface area contributed by atoms with Gasteiger partial charge in [-0.3, -0.25) is 9.59 Å². The maximum absolute atomic E-state index is 13.0. The summed E-state index contributed by atoms with van der Waals surface area (Å²) < 4.78 is 28.7. The van der Waals surface area contributed by atoms with Crippen molar-refractivity contribution in [3.63, 3.8) is 0 Å². The van der Waals surface area contributed by atoms with E-state index in [4.69, 9.17) is 13.9 Å². The van der Waals surface area contributed by atoms with Gasteiger partial charge < -0.3 is 13.9 Å². The summed E-state index contributed by atoms with van der Waals surface area (Å²) in [6.45, 7) is 3.24. The Bertz CT molecular complexity index is 1150. The summed E-state index contributed by atoms with van der Waals surface area (Å²) in [4.78, 5) is 36.9. The van der Waals surface area contributed by atoms with E-state index >= 15 is 0 Å². The second-order valence-corrected chi connectivity index (χ2v) is 6.86. The third kappa shape index (κ3) is 4.56. The maximum atomic E-state index is 13.0. The van der Waals surface area contributed by atoms with Gasteiger partial charge in [-0.25, -0.2) is 9.18 Å². The molecule has 156 valence electrons. The van der Waals surface area contributed by atoms with E-state index in [9.17, 15) is 18.8 Å². The van der Waals surface area contributed by atoms with Crippen molar-refractivity contribution in [3.8, 4) is 5.75 Å². The third-order valence-electron chi connectivity index (χ3n) is 4.88. The molecule has 0 aliphatic rings. The minimum Gasteiger partial charge on any atom is -0.497 e. The molecule has 3 aromatic rings. The lowest BCUT2D eigenvalue weighted by Gasteiger charge is -2.13. The molecular weight excluding hydrogens is 391 g/mol. The first-order valence-electron chi connectivity index (χ1n) is 9.39. The smallest absolute Gasteiger partial charge is 0.339 e. The highest BCUT2D eigenvalue weighted by Gasteiger charge is 2.20. The van der Waals surface area contributed by atoms with E-state index in [-0.39, 0.29) is 18.4 Å². The molecule has 0 N–H and O–H groups in total. The Morgan fingerprint density at radius 2 is 1.83 bits per heavy atom. The lowest BCUT2D eigenvalue weighted by Crippen LogP contribution is -2.25. The minimum absolute atomic E-state index is 0.0890. The Morgan fingerprint density at radius 3 is 2.50 bits per heavy atom. The molecule has 0 radical (unpaired) electrons. The lowest BCUT2D eigenvalue weighted by molar-refractivity contribution is -0.146. The highest BCUT2D eigenvalue weighted by molar-refractivity contribution is 6.00. The molecule has 7 heteroatoms. The number of Topliss-reactive ketones (excluding diaryl/α,β-unsaturated/α-hetero) is 1. The van der Waals surface area contributed by atoms with Gasteiger partial charge in [-0.2, -0.15) is 0 Å². The van der Waals surface area contributed by atoms with Crippen LogP contribution in [-0.2, 0) is 16.0 Å². The average molecular weight is 412 g/mol. The molecule has 1 aromatic heterocycles. The summed E-state index contributed by atoms with van der Waals surface area (Å²) in [5, 5.41) is 0.749. The highest BCUT2D eigenvalue weighted by Crippen LogP contribution is 2.24. The molecule has 0 bridgehead atoms. The van der Waals surface area contributed by atoms with Crippen LogP contribution < -0.4 is 10.4 Å². The number of benzene rings is 2. The summed E-state index contributed by atoms with van der Waals surface area (Å²) in [5.74, 6) is -0.939. The second-order valence-electron chi connectivity index (χ2n) is 6.86. The lowest BCUT2D eigenvalue weighted by atomic mass is 10.0. The number of esters is 1. The van der Waals surface area contributed by atoms with Crippen LogP contribution in [0.5, 0.6) is 5.75 Å². The fourth-order valence-electron chi connectivity index (χ4n) is 3.18. The minimum atomic E-state index is -1.02. The standard InChI is InChI=1S/C23H21FO6/c1-13-18-9-8-17(28-3)12-20(18)30-23(27)19(13)10-11-21(25)29-14(2)22(26)15-4-6-16(24)7-5-15/h4-9,12,14H,10-11H2,1-3H3/t14-/m0/s1. The molecule has 0 aliphatic carbocycles. The van der Waals surface area contributed by atoms with Crippen molar-refractivity contribution in [2.24, 2.45) is 0 Å². The largest absolute Gasteiger partial charge is 0.497 e. The highest BCUT2D eigenvalue weighted by atomic mass is 19.1. The SMILES string of the molecule is COc1ccc2c(C)c(CCC(=O)O[C@@H](C)C(=O)c3ccc(F)cc3)c(=O)oc2c1. The van der Waals surface area contributed by atoms with E-state index in [0.29, 0.717) is 22.5 Å². The summed E-state index contributed by atoms with van der Waals surface area (Å²) >= 11 is 0. The first kappa shape index (κ1) is 21.2. The molecule has 0 fully saturated rings. The maximum Gasteiger partial charge on any atom is 0.339 e. The fourth-order valence-corrected chi connectivity index (χ4v) is 3.18. The number of aryl methyl sites for hydroxylation is 1. The molecule has 0 unspecified atom stereocenters. The van der Waals surface area contributed by atoms with E-state index < -0.39 is 29.3 Å². The van der Waals surface area contributed by atoms with Crippen LogP contribution in [0.25, 0.3) is 11.0 Å². The predicted molar refractivity (Wildman–Crippen MR) is 108 cm³/mol. The molecule has 3 rings (SSSR count). The van der Waals surface area contributed by atoms with Gasteiger partial charge in [0.1, 0.15) is 17.1 Å². The van der Waals surface area contributed by atoms with Gasteiger partial charge in [-0.05, 0) is 62.2 Å². The predicted octanol–water partition coefficient (Wildman–Crippen LogP) is 4.00. The zero-order valence-electron chi connectivity index (χ0n) is 16.9. The molecule has 1 heterocycles. The van der Waals surface area contributed by atoms with Crippen LogP contribution in [0.15, 0.2) is 51.7 Å². The quantitative estimate of drug-likeness (QED) is 0.331. The van der Waals surface area contributed by atoms with Gasteiger partial charge in [0.05, 0.1) is 7.11 Å². The van der Waals surface area contributed by atoms with Gasteiger partial charge in [0.2, 0.25) is 5.78 Å². The van der Waals surface area contributed by atoms with Crippen LogP contribution in [-0.4, -0.2) is 25.0 Å². The number of fused-ring (bicyclic) bond motifs is 1. The van der Waals surface area contributed by atoms with Gasteiger partial charge >= 0.3 is 11.6 Å². The Kier molecular flexibility index (Phi) is 6.30. The summed E-state index contributed by atoms with van der Waals surface area (Å²) in [6.07, 6.45) is -0.995. The van der Waals surface area contributed by atoms with Crippen molar-refractivity contribution >= 4 is 22.7 Å². The van der Waals surface area contributed by atoms with E-state index in [2.05, 4.69) is 0 Å². The van der Waals surface area contributed by atoms with E-state index in [0.717, 1.165) is 5.39 Å². The number of carbonyl (C=O) groups excluding carboxylic acids is 2. The van der Waals surface area contributed by atoms with Crippen molar-refractivity contribution in [2.45, 2.75) is 32.8 Å². The Labute approximate surface area is 172 Å². The topological polar surface area (TPSA) is 82.8 Å². The first-order chi connectivity index (χ1) is 14.3. The van der Waals surface area contributed by atoms with Crippen LogP contribution in [0.2, 0.25) is 0 Å². The normalized spacial score (nSPS) is 11.9. The molecular formula is C23H21FO6. The number of ether oxygens (including phenoxy) is 2. The van der Waals surface area contributed by atoms with Crippen LogP contribution >= 0.6 is 0 Å².